The van der Waals surface area contributed by atoms with Gasteiger partial charge in [-0.25, -0.2) is 0 Å². The van der Waals surface area contributed by atoms with Crippen molar-refractivity contribution in [2.24, 2.45) is 0 Å². The smallest absolute Gasteiger partial charge is 0.0551 e. The Morgan fingerprint density at radius 2 is 2.00 bits per heavy atom. The predicted octanol–water partition coefficient (Wildman–Crippen LogP) is 3.20. The number of aryl methyl sites for hydroxylation is 1. The molecule has 3 atom stereocenters. The normalized spacial score (nSPS) is 24.8. The third-order valence-electron chi connectivity index (χ3n) is 3.76. The molecular formula is C16H25NOS. The molecule has 19 heavy (non-hydrogen) atoms. The summed E-state index contributed by atoms with van der Waals surface area (Å²) in [4.78, 5) is 0. The number of hydrogen-bond donors (Lipinski definition) is 1. The molecule has 1 aromatic rings. The van der Waals surface area contributed by atoms with Gasteiger partial charge in [-0.3, -0.25) is 4.21 Å². The molecule has 0 saturated heterocycles. The van der Waals surface area contributed by atoms with Crippen LogP contribution < -0.4 is 5.32 Å². The van der Waals surface area contributed by atoms with Crippen LogP contribution in [-0.2, 0) is 17.2 Å². The molecule has 0 amide bonds. The van der Waals surface area contributed by atoms with Crippen molar-refractivity contribution in [3.63, 3.8) is 0 Å². The molecule has 1 aliphatic carbocycles. The highest BCUT2D eigenvalue weighted by Crippen LogP contribution is 2.35. The van der Waals surface area contributed by atoms with E-state index >= 15 is 0 Å². The summed E-state index contributed by atoms with van der Waals surface area (Å²) >= 11 is 0. The number of nitrogens with one attached hydrogen (secondary N) is 1. The van der Waals surface area contributed by atoms with Crippen LogP contribution in [0.25, 0.3) is 0 Å². The quantitative estimate of drug-likeness (QED) is 0.920. The van der Waals surface area contributed by atoms with Gasteiger partial charge in [0.25, 0.3) is 0 Å². The van der Waals surface area contributed by atoms with Gasteiger partial charge in [0.15, 0.2) is 0 Å². The topological polar surface area (TPSA) is 29.1 Å². The maximum absolute atomic E-state index is 12.8. The SMILES string of the molecule is CCNC1c2ccccc2CCC1S(=O)C(C)(C)C. The van der Waals surface area contributed by atoms with E-state index in [1.54, 1.807) is 0 Å². The van der Waals surface area contributed by atoms with Gasteiger partial charge in [0, 0.05) is 21.6 Å². The van der Waals surface area contributed by atoms with Crippen LogP contribution in [0, 0.1) is 0 Å². The van der Waals surface area contributed by atoms with Gasteiger partial charge in [-0.2, -0.15) is 0 Å². The maximum atomic E-state index is 12.8. The zero-order valence-electron chi connectivity index (χ0n) is 12.4. The van der Waals surface area contributed by atoms with Crippen molar-refractivity contribution in [3.8, 4) is 0 Å². The Kier molecular flexibility index (Phi) is 4.46. The molecule has 0 saturated carbocycles. The summed E-state index contributed by atoms with van der Waals surface area (Å²) in [5.41, 5.74) is 2.76. The minimum atomic E-state index is -0.825. The van der Waals surface area contributed by atoms with E-state index in [1.807, 2.05) is 0 Å². The van der Waals surface area contributed by atoms with E-state index in [0.29, 0.717) is 0 Å². The van der Waals surface area contributed by atoms with Gasteiger partial charge in [-0.15, -0.1) is 0 Å². The third-order valence-corrected chi connectivity index (χ3v) is 6.03. The summed E-state index contributed by atoms with van der Waals surface area (Å²) < 4.78 is 12.6. The van der Waals surface area contributed by atoms with E-state index in [2.05, 4.69) is 57.3 Å². The lowest BCUT2D eigenvalue weighted by atomic mass is 9.87. The lowest BCUT2D eigenvalue weighted by Gasteiger charge is -2.37. The third kappa shape index (κ3) is 3.09. The Hall–Kier alpha value is -0.670. The largest absolute Gasteiger partial charge is 0.309 e. The van der Waals surface area contributed by atoms with Crippen LogP contribution in [0.2, 0.25) is 0 Å². The molecule has 2 nitrogen and oxygen atoms in total. The Morgan fingerprint density at radius 1 is 1.32 bits per heavy atom. The summed E-state index contributed by atoms with van der Waals surface area (Å²) in [6.07, 6.45) is 2.06. The van der Waals surface area contributed by atoms with Crippen LogP contribution >= 0.6 is 0 Å². The van der Waals surface area contributed by atoms with E-state index in [0.717, 1.165) is 19.4 Å². The van der Waals surface area contributed by atoms with Crippen molar-refractivity contribution < 1.29 is 4.21 Å². The Bertz CT molecular complexity index is 464. The highest BCUT2D eigenvalue weighted by Gasteiger charge is 2.37. The molecular weight excluding hydrogens is 254 g/mol. The molecule has 0 bridgehead atoms. The first-order valence-corrected chi connectivity index (χ1v) is 8.38. The summed E-state index contributed by atoms with van der Waals surface area (Å²) in [6.45, 7) is 9.26. The first kappa shape index (κ1) is 14.7. The summed E-state index contributed by atoms with van der Waals surface area (Å²) in [7, 11) is -0.825. The molecule has 0 spiro atoms. The van der Waals surface area contributed by atoms with Crippen molar-refractivity contribution >= 4 is 10.8 Å². The van der Waals surface area contributed by atoms with E-state index in [4.69, 9.17) is 0 Å². The minimum absolute atomic E-state index is 0.148. The summed E-state index contributed by atoms with van der Waals surface area (Å²) in [5.74, 6) is 0. The molecule has 1 aliphatic rings. The molecule has 2 rings (SSSR count). The summed E-state index contributed by atoms with van der Waals surface area (Å²) in [5, 5.41) is 3.77. The minimum Gasteiger partial charge on any atom is -0.309 e. The number of rotatable bonds is 3. The van der Waals surface area contributed by atoms with E-state index in [9.17, 15) is 4.21 Å². The lowest BCUT2D eigenvalue weighted by molar-refractivity contribution is 0.468. The van der Waals surface area contributed by atoms with Gasteiger partial charge in [0.05, 0.1) is 5.25 Å². The number of hydrogen-bond acceptors (Lipinski definition) is 2. The fourth-order valence-corrected chi connectivity index (χ4v) is 4.61. The molecule has 1 aromatic carbocycles. The zero-order valence-corrected chi connectivity index (χ0v) is 13.2. The van der Waals surface area contributed by atoms with Crippen LogP contribution in [-0.4, -0.2) is 20.8 Å². The standard InChI is InChI=1S/C16H25NOS/c1-5-17-15-13-9-7-6-8-12(13)10-11-14(15)19(18)16(2,3)4/h6-9,14-15,17H,5,10-11H2,1-4H3. The molecule has 0 aliphatic heterocycles. The van der Waals surface area contributed by atoms with Crippen LogP contribution in [0.3, 0.4) is 0 Å². The fraction of sp³-hybridized carbons (Fsp3) is 0.625. The van der Waals surface area contributed by atoms with Gasteiger partial charge in [-0.05, 0) is 51.3 Å². The molecule has 0 heterocycles. The molecule has 3 heteroatoms. The van der Waals surface area contributed by atoms with Crippen LogP contribution in [0.15, 0.2) is 24.3 Å². The van der Waals surface area contributed by atoms with Gasteiger partial charge in [0.1, 0.15) is 0 Å². The van der Waals surface area contributed by atoms with E-state index in [-0.39, 0.29) is 16.0 Å². The van der Waals surface area contributed by atoms with Crippen LogP contribution in [0.5, 0.6) is 0 Å². The van der Waals surface area contributed by atoms with Crippen molar-refractivity contribution in [1.29, 1.82) is 0 Å². The Labute approximate surface area is 119 Å². The molecule has 0 fully saturated rings. The molecule has 3 unspecified atom stereocenters. The first-order valence-electron chi connectivity index (χ1n) is 7.17. The zero-order chi connectivity index (χ0) is 14.0. The van der Waals surface area contributed by atoms with Crippen LogP contribution in [0.1, 0.15) is 51.3 Å². The second-order valence-corrected chi connectivity index (χ2v) is 8.65. The van der Waals surface area contributed by atoms with Crippen LogP contribution in [0.4, 0.5) is 0 Å². The van der Waals surface area contributed by atoms with Gasteiger partial charge < -0.3 is 5.32 Å². The average Bonchev–Trinajstić information content (AvgIpc) is 2.37. The first-order chi connectivity index (χ1) is 8.95. The predicted molar refractivity (Wildman–Crippen MR) is 82.9 cm³/mol. The van der Waals surface area contributed by atoms with E-state index in [1.165, 1.54) is 11.1 Å². The maximum Gasteiger partial charge on any atom is 0.0551 e. The van der Waals surface area contributed by atoms with Gasteiger partial charge >= 0.3 is 0 Å². The highest BCUT2D eigenvalue weighted by molar-refractivity contribution is 7.87. The number of fused-ring (bicyclic) bond motifs is 1. The molecule has 0 aromatic heterocycles. The summed E-state index contributed by atoms with van der Waals surface area (Å²) in [6, 6.07) is 8.81. The highest BCUT2D eigenvalue weighted by atomic mass is 32.2. The Morgan fingerprint density at radius 3 is 2.63 bits per heavy atom. The average molecular weight is 279 g/mol. The second kappa shape index (κ2) is 5.76. The Balaban J connectivity index is 2.34. The van der Waals surface area contributed by atoms with Crippen molar-refractivity contribution in [1.82, 2.24) is 5.32 Å². The van der Waals surface area contributed by atoms with Crippen molar-refractivity contribution in [2.45, 2.75) is 56.6 Å². The fourth-order valence-electron chi connectivity index (χ4n) is 2.88. The monoisotopic (exact) mass is 279 g/mol. The van der Waals surface area contributed by atoms with Gasteiger partial charge in [-0.1, -0.05) is 31.2 Å². The molecule has 1 N–H and O–H groups in total. The number of benzene rings is 1. The second-order valence-electron chi connectivity index (χ2n) is 6.22. The van der Waals surface area contributed by atoms with Gasteiger partial charge in [0.2, 0.25) is 0 Å². The van der Waals surface area contributed by atoms with Crippen molar-refractivity contribution in [3.05, 3.63) is 35.4 Å². The lowest BCUT2D eigenvalue weighted by Crippen LogP contribution is -2.43. The molecule has 0 radical (unpaired) electrons. The van der Waals surface area contributed by atoms with Crippen molar-refractivity contribution in [2.75, 3.05) is 6.54 Å². The van der Waals surface area contributed by atoms with E-state index < -0.39 is 10.8 Å². The molecule has 106 valence electrons.